The van der Waals surface area contributed by atoms with E-state index >= 15 is 0 Å². The average molecular weight is 186 g/mol. The maximum atomic E-state index is 8.86. The van der Waals surface area contributed by atoms with Gasteiger partial charge in [0.25, 0.3) is 0 Å². The van der Waals surface area contributed by atoms with Gasteiger partial charge in [-0.1, -0.05) is 11.3 Å². The third kappa shape index (κ3) is 1.14. The molecule has 0 spiro atoms. The van der Waals surface area contributed by atoms with Crippen LogP contribution in [0.2, 0.25) is 0 Å². The zero-order valence-electron chi connectivity index (χ0n) is 8.10. The highest BCUT2D eigenvalue weighted by Gasteiger charge is 2.09. The number of rotatable bonds is 1. The van der Waals surface area contributed by atoms with E-state index in [-0.39, 0.29) is 6.04 Å². The molecule has 0 amide bonds. The molecule has 1 heterocycles. The smallest absolute Gasteiger partial charge is 0.130 e. The number of fused-ring (bicyclic) bond motifs is 1. The molecule has 0 aliphatic rings. The Balaban J connectivity index is 2.77. The Kier molecular flexibility index (Phi) is 1.93. The Labute approximate surface area is 81.8 Å². The molecule has 0 saturated carbocycles. The summed E-state index contributed by atoms with van der Waals surface area (Å²) in [5.74, 6) is 0. The van der Waals surface area contributed by atoms with Crippen molar-refractivity contribution in [2.45, 2.75) is 19.9 Å². The van der Waals surface area contributed by atoms with Crippen LogP contribution < -0.4 is 0 Å². The van der Waals surface area contributed by atoms with Gasteiger partial charge in [0, 0.05) is 6.04 Å². The second-order valence-electron chi connectivity index (χ2n) is 3.41. The predicted molar refractivity (Wildman–Crippen MR) is 52.6 cm³/mol. The van der Waals surface area contributed by atoms with E-state index in [1.165, 1.54) is 0 Å². The molecule has 14 heavy (non-hydrogen) atoms. The van der Waals surface area contributed by atoms with Crippen molar-refractivity contribution in [3.63, 3.8) is 0 Å². The first-order chi connectivity index (χ1) is 6.74. The van der Waals surface area contributed by atoms with Gasteiger partial charge in [0.05, 0.1) is 11.1 Å². The third-order valence-corrected chi connectivity index (χ3v) is 2.11. The Hall–Kier alpha value is -1.89. The van der Waals surface area contributed by atoms with Gasteiger partial charge in [-0.3, -0.25) is 0 Å². The second-order valence-corrected chi connectivity index (χ2v) is 3.41. The molecule has 4 nitrogen and oxygen atoms in total. The number of nitriles is 1. The summed E-state index contributed by atoms with van der Waals surface area (Å²) in [4.78, 5) is 0. The molecule has 70 valence electrons. The first kappa shape index (κ1) is 8.70. The largest absolute Gasteiger partial charge is 0.242 e. The zero-order valence-corrected chi connectivity index (χ0v) is 8.10. The highest BCUT2D eigenvalue weighted by Crippen LogP contribution is 2.17. The molecular weight excluding hydrogens is 176 g/mol. The van der Waals surface area contributed by atoms with Crippen LogP contribution >= 0.6 is 0 Å². The summed E-state index contributed by atoms with van der Waals surface area (Å²) in [6.45, 7) is 4.07. The van der Waals surface area contributed by atoms with Crippen molar-refractivity contribution in [1.82, 2.24) is 15.0 Å². The van der Waals surface area contributed by atoms with Gasteiger partial charge in [0.1, 0.15) is 11.6 Å². The lowest BCUT2D eigenvalue weighted by Crippen LogP contribution is -2.02. The van der Waals surface area contributed by atoms with E-state index in [4.69, 9.17) is 5.26 Å². The maximum absolute atomic E-state index is 8.86. The Morgan fingerprint density at radius 2 is 2.21 bits per heavy atom. The second kappa shape index (κ2) is 3.11. The van der Waals surface area contributed by atoms with E-state index in [1.54, 1.807) is 6.07 Å². The lowest BCUT2D eigenvalue weighted by molar-refractivity contribution is 0.530. The molecular formula is C10H10N4. The monoisotopic (exact) mass is 186 g/mol. The topological polar surface area (TPSA) is 54.5 Å². The molecule has 0 unspecified atom stereocenters. The van der Waals surface area contributed by atoms with Crippen LogP contribution in [0.25, 0.3) is 11.0 Å². The predicted octanol–water partition coefficient (Wildman–Crippen LogP) is 1.88. The summed E-state index contributed by atoms with van der Waals surface area (Å²) >= 11 is 0. The molecule has 2 aromatic rings. The summed E-state index contributed by atoms with van der Waals surface area (Å²) < 4.78 is 1.82. The fraction of sp³-hybridized carbons (Fsp3) is 0.300. The van der Waals surface area contributed by atoms with Crippen molar-refractivity contribution in [3.05, 3.63) is 23.8 Å². The number of nitrogens with zero attached hydrogens (tertiary/aromatic N) is 4. The Morgan fingerprint density at radius 3 is 2.86 bits per heavy atom. The molecule has 0 aliphatic heterocycles. The number of benzene rings is 1. The molecule has 2 rings (SSSR count). The van der Waals surface area contributed by atoms with Crippen LogP contribution in [0, 0.1) is 11.3 Å². The van der Waals surface area contributed by atoms with Crippen molar-refractivity contribution in [3.8, 4) is 6.07 Å². The quantitative estimate of drug-likeness (QED) is 0.683. The highest BCUT2D eigenvalue weighted by molar-refractivity contribution is 5.80. The molecule has 0 N–H and O–H groups in total. The van der Waals surface area contributed by atoms with Gasteiger partial charge >= 0.3 is 0 Å². The van der Waals surface area contributed by atoms with E-state index in [9.17, 15) is 0 Å². The van der Waals surface area contributed by atoms with Crippen LogP contribution in [0.15, 0.2) is 18.2 Å². The summed E-state index contributed by atoms with van der Waals surface area (Å²) in [5.41, 5.74) is 2.18. The molecule has 0 fully saturated rings. The molecule has 0 bridgehead atoms. The third-order valence-electron chi connectivity index (χ3n) is 2.11. The van der Waals surface area contributed by atoms with Crippen molar-refractivity contribution in [1.29, 1.82) is 5.26 Å². The van der Waals surface area contributed by atoms with Crippen molar-refractivity contribution in [2.24, 2.45) is 0 Å². The van der Waals surface area contributed by atoms with E-state index in [0.29, 0.717) is 11.1 Å². The van der Waals surface area contributed by atoms with Crippen LogP contribution in [-0.4, -0.2) is 15.0 Å². The summed E-state index contributed by atoms with van der Waals surface area (Å²) in [6.07, 6.45) is 0. The Morgan fingerprint density at radius 1 is 1.43 bits per heavy atom. The molecule has 1 aromatic heterocycles. The normalized spacial score (nSPS) is 10.7. The van der Waals surface area contributed by atoms with Crippen molar-refractivity contribution < 1.29 is 0 Å². The van der Waals surface area contributed by atoms with Gasteiger partial charge in [-0.25, -0.2) is 4.68 Å². The number of hydrogen-bond donors (Lipinski definition) is 0. The van der Waals surface area contributed by atoms with Gasteiger partial charge in [-0.05, 0) is 26.0 Å². The minimum absolute atomic E-state index is 0.258. The minimum Gasteiger partial charge on any atom is -0.242 e. The van der Waals surface area contributed by atoms with E-state index < -0.39 is 0 Å². The molecule has 4 heteroatoms. The maximum Gasteiger partial charge on any atom is 0.130 e. The highest BCUT2D eigenvalue weighted by atomic mass is 15.4. The van der Waals surface area contributed by atoms with Gasteiger partial charge in [0.2, 0.25) is 0 Å². The van der Waals surface area contributed by atoms with Gasteiger partial charge in [0.15, 0.2) is 0 Å². The van der Waals surface area contributed by atoms with E-state index in [0.717, 1.165) is 5.52 Å². The van der Waals surface area contributed by atoms with E-state index in [2.05, 4.69) is 16.4 Å². The molecule has 0 saturated heterocycles. The number of hydrogen-bond acceptors (Lipinski definition) is 3. The minimum atomic E-state index is 0.258. The number of aromatic nitrogens is 3. The van der Waals surface area contributed by atoms with Crippen molar-refractivity contribution >= 4 is 11.0 Å². The van der Waals surface area contributed by atoms with Crippen LogP contribution in [0.3, 0.4) is 0 Å². The van der Waals surface area contributed by atoms with Gasteiger partial charge < -0.3 is 0 Å². The first-order valence-corrected chi connectivity index (χ1v) is 4.48. The molecule has 0 radical (unpaired) electrons. The molecule has 1 aromatic carbocycles. The SMILES string of the molecule is CC(C)n1nnc2c(C#N)cccc21. The van der Waals surface area contributed by atoms with Crippen LogP contribution in [0.1, 0.15) is 25.5 Å². The summed E-state index contributed by atoms with van der Waals surface area (Å²) in [7, 11) is 0. The fourth-order valence-corrected chi connectivity index (χ4v) is 1.43. The Bertz CT molecular complexity index is 504. The fourth-order valence-electron chi connectivity index (χ4n) is 1.43. The lowest BCUT2D eigenvalue weighted by Gasteiger charge is -2.04. The molecule has 0 aliphatic carbocycles. The lowest BCUT2D eigenvalue weighted by atomic mass is 10.2. The van der Waals surface area contributed by atoms with Gasteiger partial charge in [-0.15, -0.1) is 5.10 Å². The molecule has 0 atom stereocenters. The zero-order chi connectivity index (χ0) is 10.1. The summed E-state index contributed by atoms with van der Waals surface area (Å²) in [5, 5.41) is 16.9. The van der Waals surface area contributed by atoms with Crippen molar-refractivity contribution in [2.75, 3.05) is 0 Å². The van der Waals surface area contributed by atoms with Gasteiger partial charge in [-0.2, -0.15) is 5.26 Å². The van der Waals surface area contributed by atoms with E-state index in [1.807, 2.05) is 30.7 Å². The summed E-state index contributed by atoms with van der Waals surface area (Å²) in [6, 6.07) is 7.89. The first-order valence-electron chi connectivity index (χ1n) is 4.48. The van der Waals surface area contributed by atoms with Crippen LogP contribution in [-0.2, 0) is 0 Å². The van der Waals surface area contributed by atoms with Crippen LogP contribution in [0.5, 0.6) is 0 Å². The standard InChI is InChI=1S/C10H10N4/c1-7(2)14-9-5-3-4-8(6-11)10(9)12-13-14/h3-5,7H,1-2H3. The average Bonchev–Trinajstić information content (AvgIpc) is 2.60. The van der Waals surface area contributed by atoms with Crippen LogP contribution in [0.4, 0.5) is 0 Å².